The highest BCUT2D eigenvalue weighted by atomic mass is 16.5. The molecular weight excluding hydrogens is 268 g/mol. The summed E-state index contributed by atoms with van der Waals surface area (Å²) in [7, 11) is 0. The first kappa shape index (κ1) is 14.8. The van der Waals surface area contributed by atoms with Gasteiger partial charge in [0.15, 0.2) is 0 Å². The molecule has 2 aliphatic heterocycles. The van der Waals surface area contributed by atoms with Crippen molar-refractivity contribution in [2.45, 2.75) is 51.0 Å². The lowest BCUT2D eigenvalue weighted by Gasteiger charge is -2.36. The summed E-state index contributed by atoms with van der Waals surface area (Å²) >= 11 is 0. The van der Waals surface area contributed by atoms with Crippen molar-refractivity contribution in [3.8, 4) is 0 Å². The molecule has 0 aromatic carbocycles. The average molecular weight is 294 g/mol. The van der Waals surface area contributed by atoms with Crippen molar-refractivity contribution in [2.75, 3.05) is 32.8 Å². The van der Waals surface area contributed by atoms with E-state index < -0.39 is 0 Å². The van der Waals surface area contributed by atoms with Crippen LogP contribution >= 0.6 is 0 Å². The van der Waals surface area contributed by atoms with Crippen LogP contribution in [0.15, 0.2) is 0 Å². The normalized spacial score (nSPS) is 28.1. The Labute approximate surface area is 126 Å². The third kappa shape index (κ3) is 3.57. The van der Waals surface area contributed by atoms with Gasteiger partial charge in [0.05, 0.1) is 6.61 Å². The maximum Gasteiger partial charge on any atom is 0.323 e. The standard InChI is InChI=1S/C16H26N2O3/c19-15(6-5-13-3-1-2-4-13)18-10-8-17(9-11-18)14-7-12-21-16(14)20/h13-14H,1-12H2. The molecule has 1 amide bonds. The molecular formula is C16H26N2O3. The predicted molar refractivity (Wildman–Crippen MR) is 78.7 cm³/mol. The monoisotopic (exact) mass is 294 g/mol. The molecule has 3 fully saturated rings. The van der Waals surface area contributed by atoms with Crippen LogP contribution in [0.2, 0.25) is 0 Å². The van der Waals surface area contributed by atoms with Gasteiger partial charge in [0.25, 0.3) is 0 Å². The Morgan fingerprint density at radius 1 is 1.10 bits per heavy atom. The zero-order valence-corrected chi connectivity index (χ0v) is 12.8. The molecule has 118 valence electrons. The first-order chi connectivity index (χ1) is 10.2. The minimum Gasteiger partial charge on any atom is -0.464 e. The zero-order valence-electron chi connectivity index (χ0n) is 12.8. The van der Waals surface area contributed by atoms with Crippen LogP contribution in [0, 0.1) is 5.92 Å². The van der Waals surface area contributed by atoms with Crippen molar-refractivity contribution < 1.29 is 14.3 Å². The number of hydrogen-bond donors (Lipinski definition) is 0. The zero-order chi connectivity index (χ0) is 14.7. The molecule has 0 bridgehead atoms. The Bertz CT molecular complexity index is 385. The van der Waals surface area contributed by atoms with E-state index in [4.69, 9.17) is 4.74 Å². The van der Waals surface area contributed by atoms with Gasteiger partial charge >= 0.3 is 5.97 Å². The molecule has 2 saturated heterocycles. The summed E-state index contributed by atoms with van der Waals surface area (Å²) in [6.07, 6.45) is 7.87. The van der Waals surface area contributed by atoms with Crippen LogP contribution in [0.5, 0.6) is 0 Å². The molecule has 0 aromatic heterocycles. The molecule has 3 rings (SSSR count). The molecule has 0 N–H and O–H groups in total. The fraction of sp³-hybridized carbons (Fsp3) is 0.875. The number of piperazine rings is 1. The molecule has 0 radical (unpaired) electrons. The summed E-state index contributed by atoms with van der Waals surface area (Å²) in [4.78, 5) is 28.0. The van der Waals surface area contributed by atoms with Gasteiger partial charge in [0, 0.05) is 39.0 Å². The highest BCUT2D eigenvalue weighted by Gasteiger charge is 2.34. The first-order valence-electron chi connectivity index (χ1n) is 8.42. The fourth-order valence-corrected chi connectivity index (χ4v) is 3.88. The number of carbonyl (C=O) groups excluding carboxylic acids is 2. The lowest BCUT2D eigenvalue weighted by atomic mass is 10.0. The van der Waals surface area contributed by atoms with Gasteiger partial charge in [-0.25, -0.2) is 0 Å². The van der Waals surface area contributed by atoms with Crippen molar-refractivity contribution in [1.29, 1.82) is 0 Å². The molecule has 0 aromatic rings. The first-order valence-corrected chi connectivity index (χ1v) is 8.42. The Morgan fingerprint density at radius 3 is 2.43 bits per heavy atom. The van der Waals surface area contributed by atoms with E-state index in [1.807, 2.05) is 4.90 Å². The maximum absolute atomic E-state index is 12.3. The molecule has 1 unspecified atom stereocenters. The Morgan fingerprint density at radius 2 is 1.81 bits per heavy atom. The van der Waals surface area contributed by atoms with Crippen LogP contribution in [0.1, 0.15) is 44.9 Å². The molecule has 1 aliphatic carbocycles. The highest BCUT2D eigenvalue weighted by Crippen LogP contribution is 2.28. The molecule has 3 aliphatic rings. The van der Waals surface area contributed by atoms with Crippen molar-refractivity contribution in [3.63, 3.8) is 0 Å². The van der Waals surface area contributed by atoms with E-state index in [1.165, 1.54) is 25.7 Å². The van der Waals surface area contributed by atoms with Gasteiger partial charge in [-0.3, -0.25) is 14.5 Å². The van der Waals surface area contributed by atoms with Crippen molar-refractivity contribution >= 4 is 11.9 Å². The summed E-state index contributed by atoms with van der Waals surface area (Å²) in [6.45, 7) is 3.66. The maximum atomic E-state index is 12.3. The number of amides is 1. The van der Waals surface area contributed by atoms with Crippen LogP contribution in [0.3, 0.4) is 0 Å². The van der Waals surface area contributed by atoms with Gasteiger partial charge in [-0.15, -0.1) is 0 Å². The molecule has 1 saturated carbocycles. The number of hydrogen-bond acceptors (Lipinski definition) is 4. The SMILES string of the molecule is O=C1OCCC1N1CCN(C(=O)CCC2CCCC2)CC1. The molecule has 5 heteroatoms. The number of rotatable bonds is 4. The van der Waals surface area contributed by atoms with E-state index in [-0.39, 0.29) is 12.0 Å². The topological polar surface area (TPSA) is 49.9 Å². The van der Waals surface area contributed by atoms with Crippen LogP contribution in [0.4, 0.5) is 0 Å². The third-order valence-corrected chi connectivity index (χ3v) is 5.26. The predicted octanol–water partition coefficient (Wildman–Crippen LogP) is 1.42. The number of carbonyl (C=O) groups is 2. The summed E-state index contributed by atoms with van der Waals surface area (Å²) in [5.74, 6) is 0.995. The number of ether oxygens (including phenoxy) is 1. The molecule has 2 heterocycles. The van der Waals surface area contributed by atoms with E-state index in [9.17, 15) is 9.59 Å². The second-order valence-electron chi connectivity index (χ2n) is 6.58. The van der Waals surface area contributed by atoms with E-state index in [1.54, 1.807) is 0 Å². The Balaban J connectivity index is 1.40. The fourth-order valence-electron chi connectivity index (χ4n) is 3.88. The van der Waals surface area contributed by atoms with Gasteiger partial charge in [-0.2, -0.15) is 0 Å². The summed E-state index contributed by atoms with van der Waals surface area (Å²) in [6, 6.07) is -0.0688. The van der Waals surface area contributed by atoms with Gasteiger partial charge in [0.2, 0.25) is 5.91 Å². The molecule has 1 atom stereocenters. The van der Waals surface area contributed by atoms with E-state index >= 15 is 0 Å². The summed E-state index contributed by atoms with van der Waals surface area (Å²) in [5.41, 5.74) is 0. The minimum absolute atomic E-state index is 0.0688. The molecule has 0 spiro atoms. The smallest absolute Gasteiger partial charge is 0.323 e. The summed E-state index contributed by atoms with van der Waals surface area (Å²) in [5, 5.41) is 0. The van der Waals surface area contributed by atoms with Gasteiger partial charge < -0.3 is 9.64 Å². The third-order valence-electron chi connectivity index (χ3n) is 5.26. The Hall–Kier alpha value is -1.10. The average Bonchev–Trinajstić information content (AvgIpc) is 3.16. The lowest BCUT2D eigenvalue weighted by molar-refractivity contribution is -0.143. The van der Waals surface area contributed by atoms with Crippen LogP contribution < -0.4 is 0 Å². The molecule has 21 heavy (non-hydrogen) atoms. The number of nitrogens with zero attached hydrogens (tertiary/aromatic N) is 2. The van der Waals surface area contributed by atoms with Crippen LogP contribution in [0.25, 0.3) is 0 Å². The van der Waals surface area contributed by atoms with E-state index in [0.717, 1.165) is 44.9 Å². The van der Waals surface area contributed by atoms with Crippen molar-refractivity contribution in [3.05, 3.63) is 0 Å². The van der Waals surface area contributed by atoms with E-state index in [2.05, 4.69) is 4.90 Å². The van der Waals surface area contributed by atoms with Crippen molar-refractivity contribution in [1.82, 2.24) is 9.80 Å². The van der Waals surface area contributed by atoms with Crippen molar-refractivity contribution in [2.24, 2.45) is 5.92 Å². The lowest BCUT2D eigenvalue weighted by Crippen LogP contribution is -2.53. The van der Waals surface area contributed by atoms with Gasteiger partial charge in [0.1, 0.15) is 6.04 Å². The largest absolute Gasteiger partial charge is 0.464 e. The minimum atomic E-state index is -0.0870. The van der Waals surface area contributed by atoms with Gasteiger partial charge in [-0.1, -0.05) is 25.7 Å². The van der Waals surface area contributed by atoms with Gasteiger partial charge in [-0.05, 0) is 12.3 Å². The quantitative estimate of drug-likeness (QED) is 0.736. The second kappa shape index (κ2) is 6.77. The second-order valence-corrected chi connectivity index (χ2v) is 6.58. The summed E-state index contributed by atoms with van der Waals surface area (Å²) < 4.78 is 5.03. The van der Waals surface area contributed by atoms with E-state index in [0.29, 0.717) is 18.9 Å². The molecule has 5 nitrogen and oxygen atoms in total. The van der Waals surface area contributed by atoms with Crippen LogP contribution in [-0.2, 0) is 14.3 Å². The number of esters is 1. The number of cyclic esters (lactones) is 1. The highest BCUT2D eigenvalue weighted by molar-refractivity contribution is 5.78. The van der Waals surface area contributed by atoms with Crippen LogP contribution in [-0.4, -0.2) is 60.5 Å². The Kier molecular flexibility index (Phi) is 4.78.